The molecule has 2 aliphatic rings. The van der Waals surface area contributed by atoms with Gasteiger partial charge in [-0.05, 0) is 18.9 Å². The average Bonchev–Trinajstić information content (AvgIpc) is 2.58. The van der Waals surface area contributed by atoms with E-state index in [-0.39, 0.29) is 12.0 Å². The fourth-order valence-corrected chi connectivity index (χ4v) is 1.77. The third-order valence-corrected chi connectivity index (χ3v) is 2.46. The molecule has 2 aliphatic heterocycles. The maximum Gasteiger partial charge on any atom is 0.137 e. The van der Waals surface area contributed by atoms with Crippen molar-refractivity contribution in [1.29, 1.82) is 0 Å². The summed E-state index contributed by atoms with van der Waals surface area (Å²) in [5, 5.41) is 0. The second-order valence-corrected chi connectivity index (χ2v) is 3.33. The van der Waals surface area contributed by atoms with Crippen molar-refractivity contribution in [3.63, 3.8) is 0 Å². The molecule has 1 saturated heterocycles. The molecule has 0 aliphatic carbocycles. The fourth-order valence-electron chi connectivity index (χ4n) is 1.77. The molecule has 66 valence electrons. The van der Waals surface area contributed by atoms with Crippen LogP contribution < -0.4 is 0 Å². The first-order chi connectivity index (χ1) is 5.86. The quantitative estimate of drug-likeness (QED) is 0.582. The standard InChI is InChI=1S/C9H13FN2/c10-8-3-4-9(11-7-8)12-5-1-2-6-12/h3,7,9H,1-2,4-6H2. The molecule has 2 rings (SSSR count). The van der Waals surface area contributed by atoms with Crippen molar-refractivity contribution in [2.75, 3.05) is 13.1 Å². The van der Waals surface area contributed by atoms with Crippen LogP contribution in [0.4, 0.5) is 4.39 Å². The largest absolute Gasteiger partial charge is 0.282 e. The van der Waals surface area contributed by atoms with Crippen molar-refractivity contribution in [3.8, 4) is 0 Å². The SMILES string of the molecule is FC1=CCC(N2CCCC2)N=C1. The second kappa shape index (κ2) is 3.35. The van der Waals surface area contributed by atoms with Gasteiger partial charge < -0.3 is 0 Å². The van der Waals surface area contributed by atoms with Crippen LogP contribution in [0.5, 0.6) is 0 Å². The van der Waals surface area contributed by atoms with E-state index < -0.39 is 0 Å². The van der Waals surface area contributed by atoms with Crippen molar-refractivity contribution in [2.24, 2.45) is 4.99 Å². The lowest BCUT2D eigenvalue weighted by atomic mass is 10.2. The average molecular weight is 168 g/mol. The third-order valence-electron chi connectivity index (χ3n) is 2.46. The second-order valence-electron chi connectivity index (χ2n) is 3.33. The summed E-state index contributed by atoms with van der Waals surface area (Å²) in [6.07, 6.45) is 6.44. The van der Waals surface area contributed by atoms with Gasteiger partial charge in [0.25, 0.3) is 0 Å². The third kappa shape index (κ3) is 1.55. The van der Waals surface area contributed by atoms with E-state index in [1.807, 2.05) is 0 Å². The van der Waals surface area contributed by atoms with Gasteiger partial charge in [0.15, 0.2) is 0 Å². The Morgan fingerprint density at radius 3 is 2.75 bits per heavy atom. The molecular weight excluding hydrogens is 155 g/mol. The number of hydrogen-bond donors (Lipinski definition) is 0. The van der Waals surface area contributed by atoms with Gasteiger partial charge in [-0.25, -0.2) is 4.39 Å². The normalized spacial score (nSPS) is 30.8. The molecule has 1 atom stereocenters. The van der Waals surface area contributed by atoms with Gasteiger partial charge in [0.2, 0.25) is 0 Å². The molecule has 0 spiro atoms. The number of halogens is 1. The molecule has 0 saturated carbocycles. The van der Waals surface area contributed by atoms with Crippen LogP contribution in [0.2, 0.25) is 0 Å². The molecule has 0 aromatic heterocycles. The summed E-state index contributed by atoms with van der Waals surface area (Å²) < 4.78 is 12.5. The van der Waals surface area contributed by atoms with Gasteiger partial charge in [-0.15, -0.1) is 0 Å². The molecule has 0 amide bonds. The van der Waals surface area contributed by atoms with E-state index in [1.165, 1.54) is 19.1 Å². The smallest absolute Gasteiger partial charge is 0.137 e. The zero-order valence-electron chi connectivity index (χ0n) is 7.04. The highest BCUT2D eigenvalue weighted by Gasteiger charge is 2.21. The topological polar surface area (TPSA) is 15.6 Å². The fraction of sp³-hybridized carbons (Fsp3) is 0.667. The van der Waals surface area contributed by atoms with Crippen molar-refractivity contribution < 1.29 is 4.39 Å². The Hall–Kier alpha value is -0.700. The number of hydrogen-bond acceptors (Lipinski definition) is 2. The van der Waals surface area contributed by atoms with Crippen LogP contribution in [0.15, 0.2) is 16.9 Å². The van der Waals surface area contributed by atoms with Gasteiger partial charge in [-0.3, -0.25) is 9.89 Å². The molecule has 1 unspecified atom stereocenters. The van der Waals surface area contributed by atoms with Crippen molar-refractivity contribution in [1.82, 2.24) is 4.90 Å². The predicted molar refractivity (Wildman–Crippen MR) is 46.9 cm³/mol. The van der Waals surface area contributed by atoms with E-state index in [0.717, 1.165) is 19.5 Å². The minimum atomic E-state index is -0.189. The molecule has 0 aromatic carbocycles. The molecular formula is C9H13FN2. The minimum absolute atomic E-state index is 0.189. The Labute approximate surface area is 71.8 Å². The molecule has 1 fully saturated rings. The van der Waals surface area contributed by atoms with Crippen molar-refractivity contribution in [3.05, 3.63) is 11.9 Å². The van der Waals surface area contributed by atoms with E-state index in [4.69, 9.17) is 0 Å². The number of allylic oxidation sites excluding steroid dienone is 1. The van der Waals surface area contributed by atoms with Gasteiger partial charge in [0.1, 0.15) is 12.0 Å². The van der Waals surface area contributed by atoms with Crippen LogP contribution in [0.25, 0.3) is 0 Å². The van der Waals surface area contributed by atoms with E-state index in [0.29, 0.717) is 0 Å². The van der Waals surface area contributed by atoms with Crippen LogP contribution >= 0.6 is 0 Å². The summed E-state index contributed by atoms with van der Waals surface area (Å²) in [5.41, 5.74) is 0. The lowest BCUT2D eigenvalue weighted by Crippen LogP contribution is -2.31. The molecule has 0 bridgehead atoms. The lowest BCUT2D eigenvalue weighted by Gasteiger charge is -2.23. The Morgan fingerprint density at radius 1 is 1.42 bits per heavy atom. The van der Waals surface area contributed by atoms with E-state index in [2.05, 4.69) is 9.89 Å². The summed E-state index contributed by atoms with van der Waals surface area (Å²) in [6.45, 7) is 2.24. The van der Waals surface area contributed by atoms with Crippen molar-refractivity contribution >= 4 is 6.21 Å². The van der Waals surface area contributed by atoms with Gasteiger partial charge in [-0.2, -0.15) is 0 Å². The number of likely N-dealkylation sites (tertiary alicyclic amines) is 1. The number of rotatable bonds is 1. The molecule has 2 heterocycles. The minimum Gasteiger partial charge on any atom is -0.282 e. The van der Waals surface area contributed by atoms with Gasteiger partial charge in [-0.1, -0.05) is 0 Å². The van der Waals surface area contributed by atoms with Gasteiger partial charge in [0, 0.05) is 19.5 Å². The highest BCUT2D eigenvalue weighted by molar-refractivity contribution is 5.76. The highest BCUT2D eigenvalue weighted by Crippen LogP contribution is 2.18. The summed E-state index contributed by atoms with van der Waals surface area (Å²) >= 11 is 0. The lowest BCUT2D eigenvalue weighted by molar-refractivity contribution is 0.249. The number of nitrogens with zero attached hydrogens (tertiary/aromatic N) is 2. The highest BCUT2D eigenvalue weighted by atomic mass is 19.1. The Bertz CT molecular complexity index is 217. The molecule has 0 aromatic rings. The van der Waals surface area contributed by atoms with Crippen LogP contribution in [0.3, 0.4) is 0 Å². The molecule has 0 radical (unpaired) electrons. The van der Waals surface area contributed by atoms with E-state index in [9.17, 15) is 4.39 Å². The summed E-state index contributed by atoms with van der Waals surface area (Å²) in [5.74, 6) is -0.189. The van der Waals surface area contributed by atoms with Gasteiger partial charge >= 0.3 is 0 Å². The van der Waals surface area contributed by atoms with Crippen LogP contribution in [0, 0.1) is 0 Å². The monoisotopic (exact) mass is 168 g/mol. The van der Waals surface area contributed by atoms with Gasteiger partial charge in [0.05, 0.1) is 6.21 Å². The number of dihydropyridines is 1. The maximum absolute atomic E-state index is 12.5. The molecule has 3 heteroatoms. The Balaban J connectivity index is 1.94. The van der Waals surface area contributed by atoms with Crippen LogP contribution in [-0.2, 0) is 0 Å². The van der Waals surface area contributed by atoms with Crippen LogP contribution in [0.1, 0.15) is 19.3 Å². The Morgan fingerprint density at radius 2 is 2.17 bits per heavy atom. The first-order valence-electron chi connectivity index (χ1n) is 4.49. The molecule has 12 heavy (non-hydrogen) atoms. The zero-order valence-corrected chi connectivity index (χ0v) is 7.04. The summed E-state index contributed by atoms with van der Waals surface area (Å²) in [7, 11) is 0. The van der Waals surface area contributed by atoms with Crippen molar-refractivity contribution in [2.45, 2.75) is 25.4 Å². The molecule has 0 N–H and O–H groups in total. The number of aliphatic imine (C=N–C) groups is 1. The maximum atomic E-state index is 12.5. The summed E-state index contributed by atoms with van der Waals surface area (Å²) in [4.78, 5) is 6.47. The zero-order chi connectivity index (χ0) is 8.39. The first-order valence-corrected chi connectivity index (χ1v) is 4.49. The molecule has 2 nitrogen and oxygen atoms in total. The Kier molecular flexibility index (Phi) is 2.21. The van der Waals surface area contributed by atoms with Crippen LogP contribution in [-0.4, -0.2) is 30.4 Å². The first kappa shape index (κ1) is 7.92. The predicted octanol–water partition coefficient (Wildman–Crippen LogP) is 1.74. The van der Waals surface area contributed by atoms with E-state index >= 15 is 0 Å². The van der Waals surface area contributed by atoms with E-state index in [1.54, 1.807) is 6.08 Å². The summed E-state index contributed by atoms with van der Waals surface area (Å²) in [6, 6.07) is 0.